The maximum atomic E-state index is 11.9. The number of hydrogen-bond donors (Lipinski definition) is 1. The first-order chi connectivity index (χ1) is 10.4. The summed E-state index contributed by atoms with van der Waals surface area (Å²) < 4.78 is 10.2. The topological polar surface area (TPSA) is 77.2 Å². The number of carbonyl (C=O) groups excluding carboxylic acids is 1. The number of nitrogens with one attached hydrogen (secondary N) is 1. The van der Waals surface area contributed by atoms with Gasteiger partial charge in [-0.1, -0.05) is 56.3 Å². The quantitative estimate of drug-likeness (QED) is 0.918. The van der Waals surface area contributed by atoms with E-state index in [1.165, 1.54) is 0 Å². The van der Waals surface area contributed by atoms with Gasteiger partial charge in [-0.05, 0) is 12.5 Å². The Morgan fingerprint density at radius 1 is 1.32 bits per heavy atom. The molecule has 2 rings (SSSR count). The van der Waals surface area contributed by atoms with E-state index in [0.29, 0.717) is 5.82 Å². The van der Waals surface area contributed by atoms with Crippen LogP contribution in [0.1, 0.15) is 45.1 Å². The predicted molar refractivity (Wildman–Crippen MR) is 81.5 cm³/mol. The van der Waals surface area contributed by atoms with Crippen molar-refractivity contribution in [3.05, 3.63) is 41.7 Å². The Morgan fingerprint density at radius 3 is 2.59 bits per heavy atom. The lowest BCUT2D eigenvalue weighted by atomic mass is 9.96. The molecule has 1 amide bonds. The fraction of sp³-hybridized carbons (Fsp3) is 0.438. The molecule has 118 valence electrons. The van der Waals surface area contributed by atoms with E-state index in [9.17, 15) is 4.79 Å². The number of amides is 1. The zero-order chi connectivity index (χ0) is 16.2. The summed E-state index contributed by atoms with van der Waals surface area (Å²) in [6.45, 7) is 7.65. The monoisotopic (exact) mass is 303 g/mol. The molecule has 0 aliphatic heterocycles. The van der Waals surface area contributed by atoms with E-state index < -0.39 is 0 Å². The van der Waals surface area contributed by atoms with Crippen LogP contribution < -0.4 is 10.1 Å². The Morgan fingerprint density at radius 2 is 2.00 bits per heavy atom. The Kier molecular flexibility index (Phi) is 4.80. The maximum absolute atomic E-state index is 11.9. The summed E-state index contributed by atoms with van der Waals surface area (Å²) in [4.78, 5) is 16.0. The van der Waals surface area contributed by atoms with E-state index in [0.717, 1.165) is 5.56 Å². The predicted octanol–water partition coefficient (Wildman–Crippen LogP) is 2.62. The smallest absolute Gasteiger partial charge is 0.417 e. The lowest BCUT2D eigenvalue weighted by Crippen LogP contribution is -2.31. The number of benzene rings is 1. The first-order valence-corrected chi connectivity index (χ1v) is 7.17. The molecule has 0 bridgehead atoms. The second kappa shape index (κ2) is 6.60. The van der Waals surface area contributed by atoms with Gasteiger partial charge in [0, 0.05) is 5.41 Å². The van der Waals surface area contributed by atoms with Crippen molar-refractivity contribution in [3.8, 4) is 6.08 Å². The van der Waals surface area contributed by atoms with Gasteiger partial charge in [0.15, 0.2) is 12.4 Å². The van der Waals surface area contributed by atoms with Crippen LogP contribution in [0.5, 0.6) is 6.08 Å². The normalized spacial score (nSPS) is 12.7. The SMILES string of the molecule is C[C@@H](NC(=O)COc1nc(C(C)(C)C)no1)c1ccccc1. The van der Waals surface area contributed by atoms with Crippen LogP contribution in [-0.4, -0.2) is 22.7 Å². The molecule has 6 nitrogen and oxygen atoms in total. The largest absolute Gasteiger partial charge is 0.439 e. The minimum absolute atomic E-state index is 0.00689. The summed E-state index contributed by atoms with van der Waals surface area (Å²) in [5, 5.41) is 6.68. The molecule has 6 heteroatoms. The minimum atomic E-state index is -0.244. The Labute approximate surface area is 129 Å². The van der Waals surface area contributed by atoms with Gasteiger partial charge in [0.1, 0.15) is 0 Å². The molecule has 1 aromatic heterocycles. The lowest BCUT2D eigenvalue weighted by Gasteiger charge is -2.13. The highest BCUT2D eigenvalue weighted by Crippen LogP contribution is 2.20. The van der Waals surface area contributed by atoms with Crippen LogP contribution in [0.25, 0.3) is 0 Å². The van der Waals surface area contributed by atoms with Crippen LogP contribution in [0.2, 0.25) is 0 Å². The number of nitrogens with zero attached hydrogens (tertiary/aromatic N) is 2. The van der Waals surface area contributed by atoms with Crippen LogP contribution >= 0.6 is 0 Å². The summed E-state index contributed by atoms with van der Waals surface area (Å²) in [7, 11) is 0. The molecule has 0 aliphatic rings. The van der Waals surface area contributed by atoms with Crippen molar-refractivity contribution in [2.45, 2.75) is 39.2 Å². The number of ether oxygens (including phenoxy) is 1. The van der Waals surface area contributed by atoms with E-state index in [2.05, 4.69) is 15.5 Å². The summed E-state index contributed by atoms with van der Waals surface area (Å²) in [6.07, 6.45) is 0.00689. The van der Waals surface area contributed by atoms with E-state index in [1.807, 2.05) is 58.0 Å². The molecule has 2 aromatic rings. The minimum Gasteiger partial charge on any atom is -0.439 e. The molecule has 0 saturated heterocycles. The van der Waals surface area contributed by atoms with E-state index in [-0.39, 0.29) is 30.0 Å². The van der Waals surface area contributed by atoms with E-state index >= 15 is 0 Å². The number of carbonyl (C=O) groups is 1. The Bertz CT molecular complexity index is 617. The van der Waals surface area contributed by atoms with Gasteiger partial charge in [0.25, 0.3) is 5.91 Å². The van der Waals surface area contributed by atoms with Gasteiger partial charge >= 0.3 is 6.08 Å². The first kappa shape index (κ1) is 16.0. The fourth-order valence-corrected chi connectivity index (χ4v) is 1.81. The first-order valence-electron chi connectivity index (χ1n) is 7.17. The molecule has 1 heterocycles. The van der Waals surface area contributed by atoms with Crippen LogP contribution in [0.15, 0.2) is 34.9 Å². The van der Waals surface area contributed by atoms with Crippen molar-refractivity contribution >= 4 is 5.91 Å². The third kappa shape index (κ3) is 4.31. The molecule has 0 spiro atoms. The molecular formula is C16H21N3O3. The van der Waals surface area contributed by atoms with Crippen molar-refractivity contribution in [2.24, 2.45) is 0 Å². The Balaban J connectivity index is 1.84. The number of hydrogen-bond acceptors (Lipinski definition) is 5. The van der Waals surface area contributed by atoms with Crippen molar-refractivity contribution in [3.63, 3.8) is 0 Å². The van der Waals surface area contributed by atoms with Gasteiger partial charge < -0.3 is 10.1 Å². The molecule has 22 heavy (non-hydrogen) atoms. The van der Waals surface area contributed by atoms with Crippen LogP contribution in [-0.2, 0) is 10.2 Å². The number of aromatic nitrogens is 2. The molecule has 0 aliphatic carbocycles. The van der Waals surface area contributed by atoms with Crippen LogP contribution in [0.3, 0.4) is 0 Å². The summed E-state index contributed by atoms with van der Waals surface area (Å²) >= 11 is 0. The second-order valence-corrected chi connectivity index (χ2v) is 6.12. The van der Waals surface area contributed by atoms with Crippen LogP contribution in [0, 0.1) is 0 Å². The summed E-state index contributed by atoms with van der Waals surface area (Å²) in [5.74, 6) is 0.299. The van der Waals surface area contributed by atoms with Crippen LogP contribution in [0.4, 0.5) is 0 Å². The zero-order valence-corrected chi connectivity index (χ0v) is 13.3. The highest BCUT2D eigenvalue weighted by molar-refractivity contribution is 5.77. The lowest BCUT2D eigenvalue weighted by molar-refractivity contribution is -0.124. The fourth-order valence-electron chi connectivity index (χ4n) is 1.81. The van der Waals surface area contributed by atoms with Crippen molar-refractivity contribution in [1.82, 2.24) is 15.5 Å². The molecular weight excluding hydrogens is 282 g/mol. The van der Waals surface area contributed by atoms with Gasteiger partial charge in [-0.3, -0.25) is 9.32 Å². The van der Waals surface area contributed by atoms with Gasteiger partial charge in [0.05, 0.1) is 6.04 Å². The average molecular weight is 303 g/mol. The molecule has 0 saturated carbocycles. The third-order valence-corrected chi connectivity index (χ3v) is 3.08. The van der Waals surface area contributed by atoms with Gasteiger partial charge in [-0.2, -0.15) is 4.98 Å². The summed E-state index contributed by atoms with van der Waals surface area (Å²) in [5.41, 5.74) is 0.804. The molecule has 0 unspecified atom stereocenters. The summed E-state index contributed by atoms with van der Waals surface area (Å²) in [6, 6.07) is 9.62. The number of rotatable bonds is 5. The second-order valence-electron chi connectivity index (χ2n) is 6.12. The molecule has 1 N–H and O–H groups in total. The Hall–Kier alpha value is -2.37. The van der Waals surface area contributed by atoms with Gasteiger partial charge in [-0.25, -0.2) is 0 Å². The average Bonchev–Trinajstić information content (AvgIpc) is 2.95. The molecule has 1 aromatic carbocycles. The van der Waals surface area contributed by atoms with Gasteiger partial charge in [0.2, 0.25) is 0 Å². The van der Waals surface area contributed by atoms with Crippen molar-refractivity contribution in [2.75, 3.05) is 6.61 Å². The zero-order valence-electron chi connectivity index (χ0n) is 13.3. The third-order valence-electron chi connectivity index (χ3n) is 3.08. The van der Waals surface area contributed by atoms with Crippen molar-refractivity contribution < 1.29 is 14.1 Å². The van der Waals surface area contributed by atoms with Crippen molar-refractivity contribution in [1.29, 1.82) is 0 Å². The molecule has 0 radical (unpaired) electrons. The highest BCUT2D eigenvalue weighted by atomic mass is 16.6. The highest BCUT2D eigenvalue weighted by Gasteiger charge is 2.22. The maximum Gasteiger partial charge on any atom is 0.417 e. The molecule has 0 fully saturated rings. The molecule has 1 atom stereocenters. The standard InChI is InChI=1S/C16H21N3O3/c1-11(12-8-6-5-7-9-12)17-13(20)10-21-15-18-14(19-22-15)16(2,3)4/h5-9,11H,10H2,1-4H3,(H,17,20)/t11-/m1/s1. The van der Waals surface area contributed by atoms with E-state index in [4.69, 9.17) is 9.26 Å². The van der Waals surface area contributed by atoms with E-state index in [1.54, 1.807) is 0 Å². The van der Waals surface area contributed by atoms with Gasteiger partial charge in [-0.15, -0.1) is 0 Å².